The van der Waals surface area contributed by atoms with E-state index in [1.54, 1.807) is 12.1 Å². The lowest BCUT2D eigenvalue weighted by molar-refractivity contribution is -0.112. The van der Waals surface area contributed by atoms with Crippen LogP contribution in [0.25, 0.3) is 0 Å². The van der Waals surface area contributed by atoms with Gasteiger partial charge in [0.2, 0.25) is 0 Å². The Labute approximate surface area is 137 Å². The number of hydrogen-bond acceptors (Lipinski definition) is 3. The summed E-state index contributed by atoms with van der Waals surface area (Å²) in [5.74, 6) is -0.454. The predicted molar refractivity (Wildman–Crippen MR) is 91.3 cm³/mol. The molecule has 0 unspecified atom stereocenters. The van der Waals surface area contributed by atoms with Crippen LogP contribution in [0.15, 0.2) is 64.8 Å². The molecule has 5 heteroatoms. The van der Waals surface area contributed by atoms with Gasteiger partial charge in [0.15, 0.2) is 0 Å². The number of halogens is 1. The van der Waals surface area contributed by atoms with E-state index in [1.807, 2.05) is 49.4 Å². The quantitative estimate of drug-likeness (QED) is 0.637. The Hall–Kier alpha value is -2.58. The summed E-state index contributed by atoms with van der Waals surface area (Å²) in [6.45, 7) is 1.98. The Kier molecular flexibility index (Phi) is 5.34. The molecule has 0 radical (unpaired) electrons. The van der Waals surface area contributed by atoms with Crippen molar-refractivity contribution in [2.45, 2.75) is 6.92 Å². The minimum atomic E-state index is -0.454. The highest BCUT2D eigenvalue weighted by molar-refractivity contribution is 9.10. The second kappa shape index (κ2) is 7.43. The third-order valence-electron chi connectivity index (χ3n) is 2.89. The van der Waals surface area contributed by atoms with Gasteiger partial charge in [-0.3, -0.25) is 4.79 Å². The Morgan fingerprint density at radius 2 is 1.95 bits per heavy atom. The van der Waals surface area contributed by atoms with Gasteiger partial charge in [-0.05, 0) is 52.7 Å². The first kappa shape index (κ1) is 15.8. The van der Waals surface area contributed by atoms with Crippen molar-refractivity contribution in [3.8, 4) is 6.07 Å². The molecular weight excluding hydrogens is 342 g/mol. The second-order valence-corrected chi connectivity index (χ2v) is 5.47. The second-order valence-electron chi connectivity index (χ2n) is 4.62. The van der Waals surface area contributed by atoms with Crippen LogP contribution in [0.4, 0.5) is 11.4 Å². The number of rotatable bonds is 4. The number of para-hydroxylation sites is 1. The molecule has 0 aliphatic carbocycles. The summed E-state index contributed by atoms with van der Waals surface area (Å²) in [7, 11) is 0. The van der Waals surface area contributed by atoms with Crippen molar-refractivity contribution in [1.29, 1.82) is 5.26 Å². The number of carbonyl (C=O) groups is 1. The third kappa shape index (κ3) is 4.21. The molecule has 4 nitrogen and oxygen atoms in total. The van der Waals surface area contributed by atoms with E-state index in [9.17, 15) is 4.79 Å². The van der Waals surface area contributed by atoms with Crippen LogP contribution < -0.4 is 10.6 Å². The summed E-state index contributed by atoms with van der Waals surface area (Å²) in [6.07, 6.45) is 1.40. The van der Waals surface area contributed by atoms with Crippen LogP contribution in [-0.2, 0) is 4.79 Å². The van der Waals surface area contributed by atoms with E-state index in [-0.39, 0.29) is 5.57 Å². The van der Waals surface area contributed by atoms with Crippen LogP contribution in [0.3, 0.4) is 0 Å². The van der Waals surface area contributed by atoms with Gasteiger partial charge in [0.1, 0.15) is 11.6 Å². The maximum Gasteiger partial charge on any atom is 0.267 e. The lowest BCUT2D eigenvalue weighted by Gasteiger charge is -2.07. The van der Waals surface area contributed by atoms with Gasteiger partial charge in [-0.25, -0.2) is 0 Å². The lowest BCUT2D eigenvalue weighted by atomic mass is 10.2. The highest BCUT2D eigenvalue weighted by Gasteiger charge is 2.09. The minimum absolute atomic E-state index is 0.00340. The van der Waals surface area contributed by atoms with Crippen molar-refractivity contribution in [2.75, 3.05) is 10.6 Å². The zero-order chi connectivity index (χ0) is 15.9. The van der Waals surface area contributed by atoms with Gasteiger partial charge in [0.25, 0.3) is 5.91 Å². The van der Waals surface area contributed by atoms with Gasteiger partial charge >= 0.3 is 0 Å². The number of nitrogens with zero attached hydrogens (tertiary/aromatic N) is 1. The maximum atomic E-state index is 12.1. The summed E-state index contributed by atoms with van der Waals surface area (Å²) in [5, 5.41) is 14.8. The molecule has 0 aliphatic heterocycles. The summed E-state index contributed by atoms with van der Waals surface area (Å²) in [5.41, 5.74) is 2.54. The number of benzene rings is 2. The summed E-state index contributed by atoms with van der Waals surface area (Å²) < 4.78 is 0.865. The molecule has 0 aliphatic rings. The number of nitriles is 1. The molecule has 1 amide bonds. The minimum Gasteiger partial charge on any atom is -0.359 e. The molecule has 0 spiro atoms. The normalized spacial score (nSPS) is 10.7. The largest absolute Gasteiger partial charge is 0.359 e. The zero-order valence-corrected chi connectivity index (χ0v) is 13.5. The van der Waals surface area contributed by atoms with Crippen LogP contribution in [-0.4, -0.2) is 5.91 Å². The molecule has 0 bridgehead atoms. The highest BCUT2D eigenvalue weighted by atomic mass is 79.9. The van der Waals surface area contributed by atoms with Crippen molar-refractivity contribution >= 4 is 33.2 Å². The zero-order valence-electron chi connectivity index (χ0n) is 11.9. The van der Waals surface area contributed by atoms with Crippen LogP contribution in [0.2, 0.25) is 0 Å². The van der Waals surface area contributed by atoms with Gasteiger partial charge in [-0.1, -0.05) is 24.3 Å². The average molecular weight is 356 g/mol. The lowest BCUT2D eigenvalue weighted by Crippen LogP contribution is -2.14. The molecule has 0 aromatic heterocycles. The molecular formula is C17H14BrN3O. The van der Waals surface area contributed by atoms with Crippen LogP contribution >= 0.6 is 15.9 Å². The SMILES string of the molecule is Cc1ccc(N/C=C(\C#N)C(=O)Nc2ccccc2)c(Br)c1. The predicted octanol–water partition coefficient (Wildman–Crippen LogP) is 4.22. The Morgan fingerprint density at radius 3 is 2.59 bits per heavy atom. The van der Waals surface area contributed by atoms with E-state index in [2.05, 4.69) is 26.6 Å². The van der Waals surface area contributed by atoms with Crippen LogP contribution in [0, 0.1) is 18.3 Å². The summed E-state index contributed by atoms with van der Waals surface area (Å²) in [6, 6.07) is 16.7. The Balaban J connectivity index is 2.10. The fourth-order valence-electron chi connectivity index (χ4n) is 1.76. The number of amides is 1. The summed E-state index contributed by atoms with van der Waals surface area (Å²) >= 11 is 3.43. The molecule has 22 heavy (non-hydrogen) atoms. The third-order valence-corrected chi connectivity index (χ3v) is 3.55. The number of carbonyl (C=O) groups excluding carboxylic acids is 1. The molecule has 0 atom stereocenters. The Morgan fingerprint density at radius 1 is 1.23 bits per heavy atom. The maximum absolute atomic E-state index is 12.1. The van der Waals surface area contributed by atoms with Gasteiger partial charge in [-0.2, -0.15) is 5.26 Å². The number of nitrogens with one attached hydrogen (secondary N) is 2. The average Bonchev–Trinajstić information content (AvgIpc) is 2.50. The summed E-state index contributed by atoms with van der Waals surface area (Å²) in [4.78, 5) is 12.1. The van der Waals surface area contributed by atoms with E-state index in [0.717, 1.165) is 15.7 Å². The Bertz CT molecular complexity index is 748. The van der Waals surface area contributed by atoms with E-state index in [1.165, 1.54) is 6.20 Å². The number of aryl methyl sites for hydroxylation is 1. The molecule has 2 aromatic rings. The molecule has 2 rings (SSSR count). The number of anilines is 2. The highest BCUT2D eigenvalue weighted by Crippen LogP contribution is 2.23. The van der Waals surface area contributed by atoms with E-state index < -0.39 is 5.91 Å². The van der Waals surface area contributed by atoms with Gasteiger partial charge in [0, 0.05) is 16.4 Å². The monoisotopic (exact) mass is 355 g/mol. The van der Waals surface area contributed by atoms with E-state index in [0.29, 0.717) is 5.69 Å². The van der Waals surface area contributed by atoms with Crippen molar-refractivity contribution in [3.63, 3.8) is 0 Å². The van der Waals surface area contributed by atoms with Crippen molar-refractivity contribution in [3.05, 3.63) is 70.3 Å². The van der Waals surface area contributed by atoms with Gasteiger partial charge in [0.05, 0.1) is 5.69 Å². The van der Waals surface area contributed by atoms with Gasteiger partial charge in [-0.15, -0.1) is 0 Å². The molecule has 0 saturated carbocycles. The van der Waals surface area contributed by atoms with E-state index >= 15 is 0 Å². The van der Waals surface area contributed by atoms with E-state index in [4.69, 9.17) is 5.26 Å². The van der Waals surface area contributed by atoms with Crippen LogP contribution in [0.1, 0.15) is 5.56 Å². The van der Waals surface area contributed by atoms with Crippen molar-refractivity contribution in [2.24, 2.45) is 0 Å². The number of hydrogen-bond donors (Lipinski definition) is 2. The molecule has 2 aromatic carbocycles. The van der Waals surface area contributed by atoms with Crippen molar-refractivity contribution < 1.29 is 4.79 Å². The standard InChI is InChI=1S/C17H14BrN3O/c1-12-7-8-16(15(18)9-12)20-11-13(10-19)17(22)21-14-5-3-2-4-6-14/h2-9,11,20H,1H3,(H,21,22)/b13-11+. The van der Waals surface area contributed by atoms with Crippen molar-refractivity contribution in [1.82, 2.24) is 0 Å². The topological polar surface area (TPSA) is 64.9 Å². The fourth-order valence-corrected chi connectivity index (χ4v) is 2.36. The first-order chi connectivity index (χ1) is 10.6. The molecule has 0 heterocycles. The fraction of sp³-hybridized carbons (Fsp3) is 0.0588. The molecule has 110 valence electrons. The smallest absolute Gasteiger partial charge is 0.267 e. The first-order valence-corrected chi connectivity index (χ1v) is 7.39. The molecule has 0 fully saturated rings. The molecule has 0 saturated heterocycles. The molecule has 2 N–H and O–H groups in total. The van der Waals surface area contributed by atoms with Gasteiger partial charge < -0.3 is 10.6 Å². The first-order valence-electron chi connectivity index (χ1n) is 6.59. The van der Waals surface area contributed by atoms with Crippen LogP contribution in [0.5, 0.6) is 0 Å².